The van der Waals surface area contributed by atoms with Gasteiger partial charge in [0.2, 0.25) is 0 Å². The molecule has 0 aromatic heterocycles. The van der Waals surface area contributed by atoms with Gasteiger partial charge in [-0.2, -0.15) is 0 Å². The second-order valence-electron chi connectivity index (χ2n) is 6.63. The maximum atomic E-state index is 5.20. The first-order chi connectivity index (χ1) is 12.7. The average molecular weight is 497 g/mol. The van der Waals surface area contributed by atoms with Crippen molar-refractivity contribution in [3.8, 4) is 0 Å². The maximum Gasteiger partial charge on any atom is 0.191 e. The number of guanidine groups is 1. The van der Waals surface area contributed by atoms with Crippen molar-refractivity contribution >= 4 is 41.7 Å². The highest BCUT2D eigenvalue weighted by Gasteiger charge is 2.43. The second-order valence-corrected chi connectivity index (χ2v) is 8.17. The minimum absolute atomic E-state index is 0. The van der Waals surface area contributed by atoms with Gasteiger partial charge in [-0.1, -0.05) is 42.5 Å². The van der Waals surface area contributed by atoms with Gasteiger partial charge in [0, 0.05) is 36.9 Å². The monoisotopic (exact) mass is 497 g/mol. The second kappa shape index (κ2) is 10.9. The molecule has 0 heterocycles. The summed E-state index contributed by atoms with van der Waals surface area (Å²) >= 11 is 1.97. The predicted octanol–water partition coefficient (Wildman–Crippen LogP) is 4.44. The van der Waals surface area contributed by atoms with E-state index in [2.05, 4.69) is 70.2 Å². The summed E-state index contributed by atoms with van der Waals surface area (Å²) in [6.07, 6.45) is 2.49. The largest absolute Gasteiger partial charge is 0.380 e. The highest BCUT2D eigenvalue weighted by molar-refractivity contribution is 14.0. The molecule has 1 aliphatic carbocycles. The summed E-state index contributed by atoms with van der Waals surface area (Å²) in [5.74, 6) is 0.849. The Kier molecular flexibility index (Phi) is 8.92. The molecule has 1 saturated carbocycles. The van der Waals surface area contributed by atoms with E-state index in [0.717, 1.165) is 19.0 Å². The van der Waals surface area contributed by atoms with E-state index in [-0.39, 0.29) is 24.0 Å². The molecule has 0 saturated heterocycles. The Labute approximate surface area is 183 Å². The number of hydrogen-bond acceptors (Lipinski definition) is 3. The molecule has 0 bridgehead atoms. The molecule has 0 unspecified atom stereocenters. The standard InChI is InChI=1S/C21H27N3OS.HI/c1-22-20(23-14-17-7-6-8-18(13-17)15-25-2)24-16-21(11-12-21)26-19-9-4-3-5-10-19;/h3-10,13H,11-12,14-16H2,1-2H3,(H2,22,23,24);1H. The Morgan fingerprint density at radius 2 is 1.81 bits per heavy atom. The van der Waals surface area contributed by atoms with Crippen molar-refractivity contribution in [2.24, 2.45) is 4.99 Å². The SMILES string of the molecule is CN=C(NCc1cccc(COC)c1)NCC1(Sc2ccccc2)CC1.I. The van der Waals surface area contributed by atoms with Gasteiger partial charge in [0.15, 0.2) is 5.96 Å². The van der Waals surface area contributed by atoms with Gasteiger partial charge in [-0.15, -0.1) is 35.7 Å². The van der Waals surface area contributed by atoms with Gasteiger partial charge in [-0.25, -0.2) is 0 Å². The fourth-order valence-corrected chi connectivity index (χ4v) is 4.08. The summed E-state index contributed by atoms with van der Waals surface area (Å²) in [7, 11) is 3.54. The van der Waals surface area contributed by atoms with Gasteiger partial charge in [0.1, 0.15) is 0 Å². The van der Waals surface area contributed by atoms with Gasteiger partial charge < -0.3 is 15.4 Å². The van der Waals surface area contributed by atoms with Crippen molar-refractivity contribution < 1.29 is 4.74 Å². The average Bonchev–Trinajstić information content (AvgIpc) is 3.43. The lowest BCUT2D eigenvalue weighted by Gasteiger charge is -2.18. The number of nitrogens with one attached hydrogen (secondary N) is 2. The molecule has 2 N–H and O–H groups in total. The van der Waals surface area contributed by atoms with E-state index in [1.807, 2.05) is 18.8 Å². The normalized spacial score (nSPS) is 15.0. The van der Waals surface area contributed by atoms with Crippen LogP contribution in [-0.2, 0) is 17.9 Å². The Balaban J connectivity index is 0.00000261. The molecule has 27 heavy (non-hydrogen) atoms. The van der Waals surface area contributed by atoms with Crippen molar-refractivity contribution in [2.75, 3.05) is 20.7 Å². The molecule has 3 rings (SSSR count). The van der Waals surface area contributed by atoms with E-state index < -0.39 is 0 Å². The van der Waals surface area contributed by atoms with Crippen molar-refractivity contribution in [3.63, 3.8) is 0 Å². The van der Waals surface area contributed by atoms with Crippen LogP contribution in [0.3, 0.4) is 0 Å². The number of aliphatic imine (C=N–C) groups is 1. The van der Waals surface area contributed by atoms with Crippen LogP contribution in [0.25, 0.3) is 0 Å². The number of halogens is 1. The fraction of sp³-hybridized carbons (Fsp3) is 0.381. The summed E-state index contributed by atoms with van der Waals surface area (Å²) < 4.78 is 5.51. The zero-order valence-electron chi connectivity index (χ0n) is 15.9. The number of ether oxygens (including phenoxy) is 1. The minimum atomic E-state index is 0. The third kappa shape index (κ3) is 7.01. The van der Waals surface area contributed by atoms with E-state index in [9.17, 15) is 0 Å². The maximum absolute atomic E-state index is 5.20. The molecular weight excluding hydrogens is 469 g/mol. The molecule has 146 valence electrons. The molecule has 0 radical (unpaired) electrons. The van der Waals surface area contributed by atoms with Crippen LogP contribution in [-0.4, -0.2) is 31.4 Å². The molecule has 4 nitrogen and oxygen atoms in total. The predicted molar refractivity (Wildman–Crippen MR) is 125 cm³/mol. The summed E-state index contributed by atoms with van der Waals surface area (Å²) in [4.78, 5) is 5.70. The van der Waals surface area contributed by atoms with Crippen LogP contribution >= 0.6 is 35.7 Å². The lowest BCUT2D eigenvalue weighted by atomic mass is 10.1. The van der Waals surface area contributed by atoms with Gasteiger partial charge in [0.05, 0.1) is 6.61 Å². The Bertz CT molecular complexity index is 735. The zero-order chi connectivity index (χ0) is 18.2. The molecule has 0 spiro atoms. The summed E-state index contributed by atoms with van der Waals surface area (Å²) in [6, 6.07) is 19.1. The van der Waals surface area contributed by atoms with Gasteiger partial charge >= 0.3 is 0 Å². The highest BCUT2D eigenvalue weighted by Crippen LogP contribution is 2.51. The third-order valence-corrected chi connectivity index (χ3v) is 5.94. The van der Waals surface area contributed by atoms with Crippen molar-refractivity contribution in [1.82, 2.24) is 10.6 Å². The summed E-state index contributed by atoms with van der Waals surface area (Å²) in [5, 5.41) is 6.90. The molecule has 0 aliphatic heterocycles. The van der Waals surface area contributed by atoms with Crippen molar-refractivity contribution in [3.05, 3.63) is 65.7 Å². The number of rotatable bonds is 8. The van der Waals surface area contributed by atoms with Crippen molar-refractivity contribution in [2.45, 2.75) is 35.6 Å². The van der Waals surface area contributed by atoms with E-state index >= 15 is 0 Å². The fourth-order valence-electron chi connectivity index (χ4n) is 2.84. The molecule has 2 aromatic rings. The highest BCUT2D eigenvalue weighted by atomic mass is 127. The third-order valence-electron chi connectivity index (χ3n) is 4.45. The number of thioether (sulfide) groups is 1. The van der Waals surface area contributed by atoms with Crippen molar-refractivity contribution in [1.29, 1.82) is 0 Å². The topological polar surface area (TPSA) is 45.7 Å². The number of benzene rings is 2. The first-order valence-electron chi connectivity index (χ1n) is 8.98. The number of nitrogens with zero attached hydrogens (tertiary/aromatic N) is 1. The minimum Gasteiger partial charge on any atom is -0.380 e. The smallest absolute Gasteiger partial charge is 0.191 e. The summed E-state index contributed by atoms with van der Waals surface area (Å²) in [6.45, 7) is 2.31. The van der Waals surface area contributed by atoms with Crippen LogP contribution in [0.15, 0.2) is 64.5 Å². The Morgan fingerprint density at radius 3 is 2.48 bits per heavy atom. The Hall–Kier alpha value is -1.25. The van der Waals surface area contributed by atoms with Crippen LogP contribution in [0.1, 0.15) is 24.0 Å². The molecule has 2 aromatic carbocycles. The van der Waals surface area contributed by atoms with Gasteiger partial charge in [0.25, 0.3) is 0 Å². The van der Waals surface area contributed by atoms with Crippen LogP contribution in [0, 0.1) is 0 Å². The van der Waals surface area contributed by atoms with Crippen LogP contribution in [0.4, 0.5) is 0 Å². The Morgan fingerprint density at radius 1 is 1.07 bits per heavy atom. The molecule has 0 amide bonds. The number of hydrogen-bond donors (Lipinski definition) is 2. The summed E-state index contributed by atoms with van der Waals surface area (Å²) in [5.41, 5.74) is 2.41. The van der Waals surface area contributed by atoms with Gasteiger partial charge in [-0.05, 0) is 36.1 Å². The van der Waals surface area contributed by atoms with E-state index in [1.54, 1.807) is 7.11 Å². The lowest BCUT2D eigenvalue weighted by Crippen LogP contribution is -2.40. The van der Waals surface area contributed by atoms with E-state index in [0.29, 0.717) is 11.4 Å². The quantitative estimate of drug-likeness (QED) is 0.322. The molecule has 1 aliphatic rings. The first-order valence-corrected chi connectivity index (χ1v) is 9.80. The van der Waals surface area contributed by atoms with Crippen LogP contribution in [0.5, 0.6) is 0 Å². The van der Waals surface area contributed by atoms with Crippen LogP contribution < -0.4 is 10.6 Å². The number of methoxy groups -OCH3 is 1. The van der Waals surface area contributed by atoms with E-state index in [4.69, 9.17) is 4.74 Å². The molecule has 1 fully saturated rings. The first kappa shape index (κ1) is 22.0. The van der Waals surface area contributed by atoms with E-state index in [1.165, 1.54) is 28.9 Å². The zero-order valence-corrected chi connectivity index (χ0v) is 19.1. The van der Waals surface area contributed by atoms with Crippen LogP contribution in [0.2, 0.25) is 0 Å². The lowest BCUT2D eigenvalue weighted by molar-refractivity contribution is 0.185. The van der Waals surface area contributed by atoms with Gasteiger partial charge in [-0.3, -0.25) is 4.99 Å². The molecule has 6 heteroatoms. The molecule has 0 atom stereocenters. The molecular formula is C21H28IN3OS.